The predicted octanol–water partition coefficient (Wildman–Crippen LogP) is 6.76. The van der Waals surface area contributed by atoms with Crippen molar-refractivity contribution in [3.05, 3.63) is 6.43 Å². The van der Waals surface area contributed by atoms with Crippen LogP contribution in [-0.2, 0) is 0 Å². The highest BCUT2D eigenvalue weighted by Crippen LogP contribution is 2.65. The van der Waals surface area contributed by atoms with E-state index in [2.05, 4.69) is 0 Å². The summed E-state index contributed by atoms with van der Waals surface area (Å²) >= 11 is 0. The Morgan fingerprint density at radius 2 is 0.633 bits per heavy atom. The molecule has 20 heteroatoms. The summed E-state index contributed by atoms with van der Waals surface area (Å²) in [6.45, 7) is 0. The maximum atomic E-state index is 13.1. The molecule has 0 unspecified atom stereocenters. The third-order valence-electron chi connectivity index (χ3n) is 3.30. The molecule has 0 aliphatic heterocycles. The second-order valence-corrected chi connectivity index (χ2v) is 5.20. The Balaban J connectivity index is 6.82. The molecule has 0 spiro atoms. The molecule has 0 bridgehead atoms. The lowest BCUT2D eigenvalue weighted by molar-refractivity contribution is -0.458. The van der Waals surface area contributed by atoms with Crippen molar-refractivity contribution in [1.29, 1.82) is 0 Å². The highest BCUT2D eigenvalue weighted by atomic mass is 19.4. The largest absolute Gasteiger partial charge is 0.385 e. The van der Waals surface area contributed by atoms with Crippen LogP contribution in [0.15, 0.2) is 0 Å². The van der Waals surface area contributed by atoms with E-state index in [1.807, 2.05) is 0 Å². The Morgan fingerprint density at radius 3 is 0.867 bits per heavy atom. The van der Waals surface area contributed by atoms with Crippen molar-refractivity contribution in [1.82, 2.24) is 0 Å². The quantitative estimate of drug-likeness (QED) is 0.307. The minimum absolute atomic E-state index is 5.17. The predicted molar refractivity (Wildman–Crippen MR) is 51.0 cm³/mol. The highest BCUT2D eigenvalue weighted by Gasteiger charge is 2.96. The fraction of sp³-hybridized carbons (Fsp3) is 0.900. The first-order chi connectivity index (χ1) is 12.6. The van der Waals surface area contributed by atoms with Gasteiger partial charge in [0, 0.05) is 0 Å². The van der Waals surface area contributed by atoms with Gasteiger partial charge in [-0.15, -0.1) is 0 Å². The summed E-state index contributed by atoms with van der Waals surface area (Å²) in [4.78, 5) is 0. The zero-order chi connectivity index (χ0) is 25.2. The Labute approximate surface area is 149 Å². The van der Waals surface area contributed by atoms with Crippen LogP contribution in [0.2, 0.25) is 0 Å². The topological polar surface area (TPSA) is 0 Å². The Kier molecular flexibility index (Phi) is 6.73. The average molecular weight is 501 g/mol. The number of halogens is 20. The summed E-state index contributed by atoms with van der Waals surface area (Å²) < 4.78 is 252. The Morgan fingerprint density at radius 1 is 0.400 bits per heavy atom. The van der Waals surface area contributed by atoms with Crippen LogP contribution < -0.4 is 0 Å². The first-order valence-corrected chi connectivity index (χ1v) is 6.13. The van der Waals surface area contributed by atoms with Gasteiger partial charge in [-0.1, -0.05) is 0 Å². The van der Waals surface area contributed by atoms with Crippen molar-refractivity contribution >= 4 is 0 Å². The van der Waals surface area contributed by atoms with Crippen LogP contribution in [0.5, 0.6) is 0 Å². The Hall–Kier alpha value is -1.40. The summed E-state index contributed by atoms with van der Waals surface area (Å²) in [5.74, 6) is -67.7. The molecule has 0 N–H and O–H groups in total. The molecule has 1 radical (unpaired) electrons. The fourth-order valence-electron chi connectivity index (χ4n) is 1.45. The molecular weight excluding hydrogens is 500 g/mol. The maximum Gasteiger partial charge on any atom is 0.385 e. The Bertz CT molecular complexity index is 559. The van der Waals surface area contributed by atoms with Crippen LogP contribution in [0.25, 0.3) is 0 Å². The summed E-state index contributed by atoms with van der Waals surface area (Å²) in [6, 6.07) is 0. The molecule has 0 saturated heterocycles. The number of alkyl halides is 18. The molecular formula is C10HF20. The highest BCUT2D eigenvalue weighted by molar-refractivity contribution is 5.17. The molecule has 181 valence electrons. The van der Waals surface area contributed by atoms with Crippen LogP contribution in [0, 0.1) is 6.43 Å². The fourth-order valence-corrected chi connectivity index (χ4v) is 1.45. The van der Waals surface area contributed by atoms with Crippen LogP contribution in [0.3, 0.4) is 0 Å². The molecule has 0 rings (SSSR count). The van der Waals surface area contributed by atoms with Crippen LogP contribution >= 0.6 is 0 Å². The average Bonchev–Trinajstić information content (AvgIpc) is 2.52. The van der Waals surface area contributed by atoms with E-state index in [9.17, 15) is 87.8 Å². The summed E-state index contributed by atoms with van der Waals surface area (Å²) in [5.41, 5.74) is 0. The number of hydrogen-bond donors (Lipinski definition) is 0. The van der Waals surface area contributed by atoms with E-state index >= 15 is 0 Å². The second-order valence-electron chi connectivity index (χ2n) is 5.20. The van der Waals surface area contributed by atoms with E-state index < -0.39 is 60.2 Å². The van der Waals surface area contributed by atoms with Crippen molar-refractivity contribution in [3.63, 3.8) is 0 Å². The van der Waals surface area contributed by atoms with Gasteiger partial charge >= 0.3 is 60.2 Å². The van der Waals surface area contributed by atoms with E-state index in [4.69, 9.17) is 0 Å². The van der Waals surface area contributed by atoms with Gasteiger partial charge in [0.25, 0.3) is 0 Å². The minimum Gasteiger partial charge on any atom is -0.203 e. The van der Waals surface area contributed by atoms with Crippen LogP contribution in [0.4, 0.5) is 87.8 Å². The normalized spacial score (nSPS) is 16.6. The lowest BCUT2D eigenvalue weighted by Crippen LogP contribution is -2.75. The van der Waals surface area contributed by atoms with Gasteiger partial charge in [0.2, 0.25) is 0 Å². The van der Waals surface area contributed by atoms with E-state index in [1.165, 1.54) is 0 Å². The van der Waals surface area contributed by atoms with E-state index in [1.54, 1.807) is 0 Å². The van der Waals surface area contributed by atoms with Gasteiger partial charge in [0.15, 0.2) is 0 Å². The zero-order valence-electron chi connectivity index (χ0n) is 12.6. The molecule has 0 nitrogen and oxygen atoms in total. The van der Waals surface area contributed by atoms with Crippen LogP contribution in [-0.4, -0.2) is 53.8 Å². The van der Waals surface area contributed by atoms with Crippen molar-refractivity contribution in [2.24, 2.45) is 0 Å². The van der Waals surface area contributed by atoms with Gasteiger partial charge in [0.05, 0.1) is 0 Å². The molecule has 0 aromatic rings. The van der Waals surface area contributed by atoms with Crippen molar-refractivity contribution in [2.45, 2.75) is 53.8 Å². The van der Waals surface area contributed by atoms with Gasteiger partial charge in [-0.2, -0.15) is 79.0 Å². The molecule has 0 aliphatic carbocycles. The minimum atomic E-state index is -8.94. The van der Waals surface area contributed by atoms with E-state index in [0.29, 0.717) is 0 Å². The molecule has 0 atom stereocenters. The third-order valence-corrected chi connectivity index (χ3v) is 3.30. The lowest BCUT2D eigenvalue weighted by Gasteiger charge is -2.43. The van der Waals surface area contributed by atoms with E-state index in [-0.39, 0.29) is 0 Å². The molecule has 0 aromatic heterocycles. The summed E-state index contributed by atoms with van der Waals surface area (Å²) in [6.07, 6.45) is -11.2. The van der Waals surface area contributed by atoms with Gasteiger partial charge in [-0.25, -0.2) is 8.78 Å². The van der Waals surface area contributed by atoms with Gasteiger partial charge in [0.1, 0.15) is 0 Å². The monoisotopic (exact) mass is 501 g/mol. The number of hydrogen-bond acceptors (Lipinski definition) is 0. The number of rotatable bonds is 9. The lowest BCUT2D eigenvalue weighted by atomic mass is 9.87. The molecule has 0 aromatic carbocycles. The zero-order valence-corrected chi connectivity index (χ0v) is 12.6. The molecule has 30 heavy (non-hydrogen) atoms. The van der Waals surface area contributed by atoms with Crippen molar-refractivity contribution in [3.8, 4) is 0 Å². The van der Waals surface area contributed by atoms with Gasteiger partial charge < -0.3 is 0 Å². The maximum absolute atomic E-state index is 13.1. The standard InChI is InChI=1S/C10HF20/c11-1(12)3(15,16)5(19,20)7(23,24)9(27,28)10(29,30)8(25,26)6(21,22)4(17,18)2(13)14/h1H. The second kappa shape index (κ2) is 7.06. The summed E-state index contributed by atoms with van der Waals surface area (Å²) in [5, 5.41) is 0. The SMILES string of the molecule is F[C](F)C(F)(F)C(F)(F)C(F)(F)C(F)(F)C(F)(F)C(F)(F)C(F)(F)C(F)(F)C(F)F. The molecule has 0 fully saturated rings. The third kappa shape index (κ3) is 3.22. The van der Waals surface area contributed by atoms with Gasteiger partial charge in [-0.05, 0) is 0 Å². The van der Waals surface area contributed by atoms with Crippen LogP contribution in [0.1, 0.15) is 0 Å². The van der Waals surface area contributed by atoms with Crippen molar-refractivity contribution < 1.29 is 87.8 Å². The summed E-state index contributed by atoms with van der Waals surface area (Å²) in [7, 11) is 0. The first-order valence-electron chi connectivity index (χ1n) is 6.13. The molecule has 0 amide bonds. The molecule has 0 heterocycles. The smallest absolute Gasteiger partial charge is 0.203 e. The van der Waals surface area contributed by atoms with Crippen molar-refractivity contribution in [2.75, 3.05) is 0 Å². The molecule has 0 aliphatic rings. The molecule has 0 saturated carbocycles. The van der Waals surface area contributed by atoms with Gasteiger partial charge in [-0.3, -0.25) is 0 Å². The van der Waals surface area contributed by atoms with E-state index in [0.717, 1.165) is 0 Å². The first kappa shape index (κ1) is 28.6.